The maximum absolute atomic E-state index is 13.9. The zero-order chi connectivity index (χ0) is 29.0. The molecule has 0 bridgehead atoms. The molecule has 0 spiro atoms. The third kappa shape index (κ3) is 5.84. The predicted molar refractivity (Wildman–Crippen MR) is 147 cm³/mol. The number of carbonyl (C=O) groups is 1. The van der Waals surface area contributed by atoms with Crippen LogP contribution in [0.3, 0.4) is 0 Å². The third-order valence-electron chi connectivity index (χ3n) is 7.88. The van der Waals surface area contributed by atoms with Gasteiger partial charge in [0.1, 0.15) is 6.07 Å². The molecule has 41 heavy (non-hydrogen) atoms. The number of aromatic nitrogens is 2. The lowest BCUT2D eigenvalue weighted by molar-refractivity contribution is -0.137. The van der Waals surface area contributed by atoms with E-state index in [4.69, 9.17) is 4.74 Å². The second kappa shape index (κ2) is 11.7. The number of nitriles is 1. The summed E-state index contributed by atoms with van der Waals surface area (Å²) in [5.74, 6) is 0.388. The van der Waals surface area contributed by atoms with Gasteiger partial charge in [-0.2, -0.15) is 18.4 Å². The molecule has 8 nitrogen and oxygen atoms in total. The minimum atomic E-state index is -4.53. The molecule has 1 atom stereocenters. The van der Waals surface area contributed by atoms with Gasteiger partial charge in [0, 0.05) is 38.1 Å². The molecule has 0 saturated carbocycles. The SMILES string of the molecule is CCOc1ncccc1-c1ccc(C2(C(=O)N[C@@H]3CCNC3)CCN(c3ccc(C(F)(F)F)cc3C#N)CC2)cn1. The van der Waals surface area contributed by atoms with E-state index in [2.05, 4.69) is 20.6 Å². The Morgan fingerprint density at radius 1 is 1.22 bits per heavy atom. The summed E-state index contributed by atoms with van der Waals surface area (Å²) < 4.78 is 45.4. The molecule has 2 aliphatic rings. The summed E-state index contributed by atoms with van der Waals surface area (Å²) in [6.45, 7) is 4.65. The number of hydrogen-bond acceptors (Lipinski definition) is 7. The molecule has 2 aliphatic heterocycles. The van der Waals surface area contributed by atoms with Crippen molar-refractivity contribution in [2.75, 3.05) is 37.7 Å². The molecule has 11 heteroatoms. The van der Waals surface area contributed by atoms with Crippen LogP contribution in [0.25, 0.3) is 11.3 Å². The van der Waals surface area contributed by atoms with E-state index in [1.54, 1.807) is 12.4 Å². The summed E-state index contributed by atoms with van der Waals surface area (Å²) in [6, 6.07) is 12.6. The molecule has 2 aromatic heterocycles. The molecular formula is C30H31F3N6O2. The Hall–Kier alpha value is -4.17. The van der Waals surface area contributed by atoms with Crippen molar-refractivity contribution in [1.29, 1.82) is 5.26 Å². The van der Waals surface area contributed by atoms with E-state index in [1.165, 1.54) is 6.07 Å². The number of piperidine rings is 1. The van der Waals surface area contributed by atoms with Crippen LogP contribution in [0.2, 0.25) is 0 Å². The number of nitrogens with zero attached hydrogens (tertiary/aromatic N) is 4. The van der Waals surface area contributed by atoms with Crippen molar-refractivity contribution in [3.63, 3.8) is 0 Å². The Morgan fingerprint density at radius 2 is 2.02 bits per heavy atom. The quantitative estimate of drug-likeness (QED) is 0.437. The van der Waals surface area contributed by atoms with Crippen LogP contribution in [0.4, 0.5) is 18.9 Å². The predicted octanol–water partition coefficient (Wildman–Crippen LogP) is 4.45. The van der Waals surface area contributed by atoms with Gasteiger partial charge in [-0.25, -0.2) is 4.98 Å². The van der Waals surface area contributed by atoms with Crippen molar-refractivity contribution >= 4 is 11.6 Å². The van der Waals surface area contributed by atoms with Crippen LogP contribution in [0.1, 0.15) is 42.9 Å². The van der Waals surface area contributed by atoms with Crippen LogP contribution >= 0.6 is 0 Å². The van der Waals surface area contributed by atoms with Crippen molar-refractivity contribution in [3.8, 4) is 23.2 Å². The Labute approximate surface area is 236 Å². The molecule has 5 rings (SSSR count). The standard InChI is InChI=1S/C30H31F3N6O2/c1-2-41-27-24(4-3-12-36-27)25-7-5-22(18-37-25)29(28(40)38-23-9-13-35-19-23)10-14-39(15-11-29)26-8-6-21(30(31,32)33)16-20(26)17-34/h3-8,12,16,18,23,35H,2,9-11,13-15,19H2,1H3,(H,38,40)/t23-/m1/s1. The van der Waals surface area contributed by atoms with Gasteiger partial charge >= 0.3 is 6.18 Å². The first kappa shape index (κ1) is 28.4. The second-order valence-electron chi connectivity index (χ2n) is 10.3. The van der Waals surface area contributed by atoms with Gasteiger partial charge in [-0.15, -0.1) is 0 Å². The van der Waals surface area contributed by atoms with Gasteiger partial charge in [-0.05, 0) is 74.7 Å². The van der Waals surface area contributed by atoms with Gasteiger partial charge in [0.25, 0.3) is 0 Å². The van der Waals surface area contributed by atoms with Crippen molar-refractivity contribution in [2.24, 2.45) is 0 Å². The smallest absolute Gasteiger partial charge is 0.416 e. The van der Waals surface area contributed by atoms with Gasteiger partial charge in [-0.1, -0.05) is 6.07 Å². The molecular weight excluding hydrogens is 533 g/mol. The van der Waals surface area contributed by atoms with E-state index in [0.29, 0.717) is 56.3 Å². The molecule has 0 radical (unpaired) electrons. The van der Waals surface area contributed by atoms with Gasteiger partial charge in [0.05, 0.1) is 40.1 Å². The summed E-state index contributed by atoms with van der Waals surface area (Å²) in [5, 5.41) is 16.1. The van der Waals surface area contributed by atoms with Crippen LogP contribution in [0, 0.1) is 11.3 Å². The van der Waals surface area contributed by atoms with Crippen molar-refractivity contribution in [3.05, 3.63) is 71.5 Å². The average Bonchev–Trinajstić information content (AvgIpc) is 3.50. The monoisotopic (exact) mass is 564 g/mol. The summed E-state index contributed by atoms with van der Waals surface area (Å²) >= 11 is 0. The fourth-order valence-corrected chi connectivity index (χ4v) is 5.63. The summed E-state index contributed by atoms with van der Waals surface area (Å²) in [6.07, 6.45) is 0.490. The van der Waals surface area contributed by atoms with E-state index >= 15 is 0 Å². The summed E-state index contributed by atoms with van der Waals surface area (Å²) in [4.78, 5) is 24.8. The first-order valence-corrected chi connectivity index (χ1v) is 13.7. The van der Waals surface area contributed by atoms with Crippen LogP contribution in [0.15, 0.2) is 54.9 Å². The molecule has 2 saturated heterocycles. The van der Waals surface area contributed by atoms with E-state index in [9.17, 15) is 23.2 Å². The number of ether oxygens (including phenoxy) is 1. The number of benzene rings is 1. The zero-order valence-electron chi connectivity index (χ0n) is 22.7. The number of pyridine rings is 2. The lowest BCUT2D eigenvalue weighted by atomic mass is 9.72. The zero-order valence-corrected chi connectivity index (χ0v) is 22.7. The normalized spacial score (nSPS) is 18.5. The molecule has 3 aromatic rings. The van der Waals surface area contributed by atoms with Crippen LogP contribution in [0.5, 0.6) is 5.88 Å². The molecule has 1 amide bonds. The van der Waals surface area contributed by atoms with Crippen LogP contribution in [-0.2, 0) is 16.4 Å². The fraction of sp³-hybridized carbons (Fsp3) is 0.400. The number of rotatable bonds is 7. The van der Waals surface area contributed by atoms with Gasteiger partial charge < -0.3 is 20.3 Å². The second-order valence-corrected chi connectivity index (χ2v) is 10.3. The van der Waals surface area contributed by atoms with E-state index < -0.39 is 17.2 Å². The van der Waals surface area contributed by atoms with Gasteiger partial charge in [0.2, 0.25) is 11.8 Å². The third-order valence-corrected chi connectivity index (χ3v) is 7.88. The summed E-state index contributed by atoms with van der Waals surface area (Å²) in [5.41, 5.74) is 0.824. The molecule has 4 heterocycles. The Kier molecular flexibility index (Phi) is 8.13. The molecule has 1 aromatic carbocycles. The summed E-state index contributed by atoms with van der Waals surface area (Å²) in [7, 11) is 0. The minimum Gasteiger partial charge on any atom is -0.477 e. The van der Waals surface area contributed by atoms with Crippen molar-refractivity contribution in [2.45, 2.75) is 43.8 Å². The first-order chi connectivity index (χ1) is 19.7. The number of anilines is 1. The molecule has 214 valence electrons. The number of carbonyl (C=O) groups excluding carboxylic acids is 1. The number of hydrogen-bond donors (Lipinski definition) is 2. The average molecular weight is 565 g/mol. The maximum Gasteiger partial charge on any atom is 0.416 e. The molecule has 0 unspecified atom stereocenters. The van der Waals surface area contributed by atoms with Crippen molar-refractivity contribution in [1.82, 2.24) is 20.6 Å². The first-order valence-electron chi connectivity index (χ1n) is 13.7. The largest absolute Gasteiger partial charge is 0.477 e. The van der Waals surface area contributed by atoms with Gasteiger partial charge in [-0.3, -0.25) is 9.78 Å². The molecule has 2 N–H and O–H groups in total. The van der Waals surface area contributed by atoms with Gasteiger partial charge in [0.15, 0.2) is 0 Å². The lowest BCUT2D eigenvalue weighted by Crippen LogP contribution is -2.54. The van der Waals surface area contributed by atoms with Crippen LogP contribution < -0.4 is 20.3 Å². The lowest BCUT2D eigenvalue weighted by Gasteiger charge is -2.42. The topological polar surface area (TPSA) is 103 Å². The highest BCUT2D eigenvalue weighted by atomic mass is 19.4. The van der Waals surface area contributed by atoms with E-state index in [0.717, 1.165) is 36.2 Å². The van der Waals surface area contributed by atoms with E-state index in [1.807, 2.05) is 42.2 Å². The Bertz CT molecular complexity index is 1420. The van der Waals surface area contributed by atoms with E-state index in [-0.39, 0.29) is 17.5 Å². The molecule has 0 aliphatic carbocycles. The Balaban J connectivity index is 1.43. The number of amides is 1. The van der Waals surface area contributed by atoms with Crippen molar-refractivity contribution < 1.29 is 22.7 Å². The number of halogens is 3. The highest BCUT2D eigenvalue weighted by Crippen LogP contribution is 2.40. The minimum absolute atomic E-state index is 0.0221. The fourth-order valence-electron chi connectivity index (χ4n) is 5.63. The Morgan fingerprint density at radius 3 is 2.66 bits per heavy atom. The number of nitrogens with one attached hydrogen (secondary N) is 2. The maximum atomic E-state index is 13.9. The highest BCUT2D eigenvalue weighted by molar-refractivity contribution is 5.89. The highest BCUT2D eigenvalue weighted by Gasteiger charge is 2.44. The van der Waals surface area contributed by atoms with Crippen LogP contribution in [-0.4, -0.2) is 54.7 Å². The molecule has 2 fully saturated rings. The number of alkyl halides is 3.